The van der Waals surface area contributed by atoms with Crippen LogP contribution in [0.4, 0.5) is 0 Å². The van der Waals surface area contributed by atoms with E-state index < -0.39 is 0 Å². The molecule has 1 N–H and O–H groups in total. The van der Waals surface area contributed by atoms with Crippen LogP contribution in [-0.2, 0) is 0 Å². The topological polar surface area (TPSA) is 12.0 Å². The van der Waals surface area contributed by atoms with Gasteiger partial charge in [-0.2, -0.15) is 0 Å². The van der Waals surface area contributed by atoms with Gasteiger partial charge in [-0.05, 0) is 59.7 Å². The van der Waals surface area contributed by atoms with Crippen molar-refractivity contribution in [3.05, 3.63) is 20.8 Å². The van der Waals surface area contributed by atoms with Gasteiger partial charge in [-0.25, -0.2) is 0 Å². The van der Waals surface area contributed by atoms with Crippen LogP contribution >= 0.6 is 27.3 Å². The Balaban J connectivity index is 1.75. The Bertz CT molecular complexity index is 328. The van der Waals surface area contributed by atoms with Crippen LogP contribution in [0.3, 0.4) is 0 Å². The Morgan fingerprint density at radius 1 is 1.29 bits per heavy atom. The molecule has 1 aromatic heterocycles. The van der Waals surface area contributed by atoms with Crippen molar-refractivity contribution >= 4 is 27.3 Å². The van der Waals surface area contributed by atoms with E-state index in [4.69, 9.17) is 0 Å². The first kappa shape index (κ1) is 9.37. The summed E-state index contributed by atoms with van der Waals surface area (Å²) >= 11 is 5.43. The second kappa shape index (κ2) is 3.62. The molecule has 1 atom stereocenters. The highest BCUT2D eigenvalue weighted by atomic mass is 79.9. The molecule has 0 saturated heterocycles. The maximum atomic E-state index is 3.77. The van der Waals surface area contributed by atoms with E-state index in [1.807, 2.05) is 11.3 Å². The van der Waals surface area contributed by atoms with Crippen molar-refractivity contribution in [3.63, 3.8) is 0 Å². The second-order valence-electron chi connectivity index (χ2n) is 4.40. The Labute approximate surface area is 97.0 Å². The molecule has 14 heavy (non-hydrogen) atoms. The van der Waals surface area contributed by atoms with Gasteiger partial charge in [-0.3, -0.25) is 0 Å². The molecule has 76 valence electrons. The minimum Gasteiger partial charge on any atom is -0.306 e. The zero-order chi connectivity index (χ0) is 9.54. The van der Waals surface area contributed by atoms with E-state index in [-0.39, 0.29) is 0 Å². The molecule has 0 aliphatic heterocycles. The predicted octanol–water partition coefficient (Wildman–Crippen LogP) is 3.71. The van der Waals surface area contributed by atoms with Crippen LogP contribution in [0, 0.1) is 5.92 Å². The zero-order valence-electron chi connectivity index (χ0n) is 8.00. The summed E-state index contributed by atoms with van der Waals surface area (Å²) in [6, 6.07) is 5.91. The molecule has 2 fully saturated rings. The summed E-state index contributed by atoms with van der Waals surface area (Å²) in [6.45, 7) is 0. The standard InChI is InChI=1S/C11H14BrNS/c12-10-6-5-9(14-10)11(7-1-2-7)13-8-3-4-8/h5-8,11,13H,1-4H2. The minimum absolute atomic E-state index is 0.652. The van der Waals surface area contributed by atoms with Crippen molar-refractivity contribution < 1.29 is 0 Å². The van der Waals surface area contributed by atoms with Crippen LogP contribution in [-0.4, -0.2) is 6.04 Å². The number of nitrogens with one attached hydrogen (secondary N) is 1. The van der Waals surface area contributed by atoms with Gasteiger partial charge in [0, 0.05) is 17.0 Å². The largest absolute Gasteiger partial charge is 0.306 e. The SMILES string of the molecule is Brc1ccc(C(NC2CC2)C2CC2)s1. The zero-order valence-corrected chi connectivity index (χ0v) is 10.4. The van der Waals surface area contributed by atoms with E-state index >= 15 is 0 Å². The molecule has 2 aliphatic rings. The Morgan fingerprint density at radius 2 is 2.07 bits per heavy atom. The molecule has 2 aliphatic carbocycles. The molecular weight excluding hydrogens is 258 g/mol. The molecular formula is C11H14BrNS. The van der Waals surface area contributed by atoms with Crippen LogP contribution < -0.4 is 5.32 Å². The summed E-state index contributed by atoms with van der Waals surface area (Å²) in [5.41, 5.74) is 0. The Hall–Kier alpha value is 0.140. The van der Waals surface area contributed by atoms with Crippen molar-refractivity contribution in [2.45, 2.75) is 37.8 Å². The highest BCUT2D eigenvalue weighted by molar-refractivity contribution is 9.11. The molecule has 1 unspecified atom stereocenters. The summed E-state index contributed by atoms with van der Waals surface area (Å²) in [7, 11) is 0. The quantitative estimate of drug-likeness (QED) is 0.881. The number of thiophene rings is 1. The predicted molar refractivity (Wildman–Crippen MR) is 63.6 cm³/mol. The first-order chi connectivity index (χ1) is 6.83. The monoisotopic (exact) mass is 271 g/mol. The van der Waals surface area contributed by atoms with E-state index in [1.54, 1.807) is 0 Å². The number of halogens is 1. The molecule has 3 rings (SSSR count). The van der Waals surface area contributed by atoms with Crippen molar-refractivity contribution in [2.24, 2.45) is 5.92 Å². The third kappa shape index (κ3) is 2.05. The molecule has 1 nitrogen and oxygen atoms in total. The molecule has 0 amide bonds. The van der Waals surface area contributed by atoms with Gasteiger partial charge < -0.3 is 5.32 Å². The highest BCUT2D eigenvalue weighted by Gasteiger charge is 2.36. The van der Waals surface area contributed by atoms with Crippen molar-refractivity contribution in [1.29, 1.82) is 0 Å². The van der Waals surface area contributed by atoms with Crippen molar-refractivity contribution in [1.82, 2.24) is 5.32 Å². The average Bonchev–Trinajstić information content (AvgIpc) is 3.04. The lowest BCUT2D eigenvalue weighted by Gasteiger charge is -2.15. The van der Waals surface area contributed by atoms with Crippen LogP contribution in [0.15, 0.2) is 15.9 Å². The van der Waals surface area contributed by atoms with E-state index in [0.29, 0.717) is 6.04 Å². The van der Waals surface area contributed by atoms with Crippen LogP contribution in [0.5, 0.6) is 0 Å². The minimum atomic E-state index is 0.652. The van der Waals surface area contributed by atoms with E-state index in [9.17, 15) is 0 Å². The lowest BCUT2D eigenvalue weighted by molar-refractivity contribution is 0.485. The number of hydrogen-bond donors (Lipinski definition) is 1. The Kier molecular flexibility index (Phi) is 2.42. The normalized spacial score (nSPS) is 23.8. The van der Waals surface area contributed by atoms with Gasteiger partial charge in [0.2, 0.25) is 0 Å². The summed E-state index contributed by atoms with van der Waals surface area (Å²) in [4.78, 5) is 1.52. The fourth-order valence-corrected chi connectivity index (χ4v) is 3.46. The Morgan fingerprint density at radius 3 is 2.57 bits per heavy atom. The molecule has 0 bridgehead atoms. The maximum absolute atomic E-state index is 3.77. The second-order valence-corrected chi connectivity index (χ2v) is 6.89. The smallest absolute Gasteiger partial charge is 0.0701 e. The summed E-state index contributed by atoms with van der Waals surface area (Å²) < 4.78 is 1.26. The fourth-order valence-electron chi connectivity index (χ4n) is 1.88. The first-order valence-electron chi connectivity index (χ1n) is 5.34. The first-order valence-corrected chi connectivity index (χ1v) is 6.95. The molecule has 0 radical (unpaired) electrons. The molecule has 0 aromatic carbocycles. The van der Waals surface area contributed by atoms with Gasteiger partial charge >= 0.3 is 0 Å². The third-order valence-corrected chi connectivity index (χ3v) is 4.69. The maximum Gasteiger partial charge on any atom is 0.0701 e. The molecule has 1 heterocycles. The van der Waals surface area contributed by atoms with E-state index in [0.717, 1.165) is 12.0 Å². The van der Waals surface area contributed by atoms with Gasteiger partial charge in [0.1, 0.15) is 0 Å². The van der Waals surface area contributed by atoms with Crippen LogP contribution in [0.25, 0.3) is 0 Å². The summed E-state index contributed by atoms with van der Waals surface area (Å²) in [5, 5.41) is 3.77. The van der Waals surface area contributed by atoms with E-state index in [2.05, 4.69) is 33.4 Å². The summed E-state index contributed by atoms with van der Waals surface area (Å²) in [5.74, 6) is 0.918. The lowest BCUT2D eigenvalue weighted by Crippen LogP contribution is -2.24. The number of hydrogen-bond acceptors (Lipinski definition) is 2. The lowest BCUT2D eigenvalue weighted by atomic mass is 10.1. The van der Waals surface area contributed by atoms with E-state index in [1.165, 1.54) is 34.3 Å². The van der Waals surface area contributed by atoms with Crippen molar-refractivity contribution in [2.75, 3.05) is 0 Å². The van der Waals surface area contributed by atoms with Crippen LogP contribution in [0.2, 0.25) is 0 Å². The molecule has 3 heteroatoms. The van der Waals surface area contributed by atoms with Gasteiger partial charge in [0.15, 0.2) is 0 Å². The molecule has 0 spiro atoms. The van der Waals surface area contributed by atoms with Crippen molar-refractivity contribution in [3.8, 4) is 0 Å². The third-order valence-electron chi connectivity index (χ3n) is 2.99. The fraction of sp³-hybridized carbons (Fsp3) is 0.636. The number of rotatable bonds is 4. The van der Waals surface area contributed by atoms with Gasteiger partial charge in [-0.1, -0.05) is 0 Å². The molecule has 2 saturated carbocycles. The highest BCUT2D eigenvalue weighted by Crippen LogP contribution is 2.45. The summed E-state index contributed by atoms with van der Waals surface area (Å²) in [6.07, 6.45) is 5.60. The van der Waals surface area contributed by atoms with Gasteiger partial charge in [0.25, 0.3) is 0 Å². The molecule has 1 aromatic rings. The van der Waals surface area contributed by atoms with Gasteiger partial charge in [0.05, 0.1) is 3.79 Å². The van der Waals surface area contributed by atoms with Crippen LogP contribution in [0.1, 0.15) is 36.6 Å². The average molecular weight is 272 g/mol. The van der Waals surface area contributed by atoms with Gasteiger partial charge in [-0.15, -0.1) is 11.3 Å².